The molecule has 0 heterocycles. The quantitative estimate of drug-likeness (QED) is 0.579. The zero-order valence-electron chi connectivity index (χ0n) is 8.43. The fourth-order valence-corrected chi connectivity index (χ4v) is 2.15. The first-order valence-electron chi connectivity index (χ1n) is 5.20. The summed E-state index contributed by atoms with van der Waals surface area (Å²) < 4.78 is 0. The van der Waals surface area contributed by atoms with Crippen molar-refractivity contribution in [2.45, 2.75) is 47.0 Å². The van der Waals surface area contributed by atoms with Gasteiger partial charge in [0, 0.05) is 0 Å². The van der Waals surface area contributed by atoms with E-state index in [1.165, 1.54) is 19.3 Å². The van der Waals surface area contributed by atoms with Gasteiger partial charge in [0.1, 0.15) is 0 Å². The van der Waals surface area contributed by atoms with Crippen LogP contribution in [0.1, 0.15) is 47.0 Å². The number of hydrogen-bond donors (Lipinski definition) is 0. The molecule has 0 saturated heterocycles. The van der Waals surface area contributed by atoms with Crippen molar-refractivity contribution in [1.29, 1.82) is 0 Å². The second kappa shape index (κ2) is 3.60. The molecule has 0 aromatic rings. The Bertz CT molecular complexity index is 103. The van der Waals surface area contributed by atoms with Gasteiger partial charge in [-0.15, -0.1) is 0 Å². The van der Waals surface area contributed by atoms with Crippen LogP contribution in [0, 0.1) is 23.7 Å². The van der Waals surface area contributed by atoms with Gasteiger partial charge < -0.3 is 0 Å². The second-order valence-electron chi connectivity index (χ2n) is 4.33. The van der Waals surface area contributed by atoms with E-state index in [1.807, 2.05) is 0 Å². The molecule has 0 bridgehead atoms. The molecule has 1 fully saturated rings. The third kappa shape index (κ3) is 1.98. The molecule has 0 heteroatoms. The molecule has 1 saturated carbocycles. The molecule has 0 aromatic carbocycles. The van der Waals surface area contributed by atoms with E-state index in [0.29, 0.717) is 0 Å². The van der Waals surface area contributed by atoms with Crippen LogP contribution < -0.4 is 0 Å². The summed E-state index contributed by atoms with van der Waals surface area (Å²) in [6.45, 7) is 9.45. The Morgan fingerprint density at radius 1 is 1.00 bits per heavy atom. The Balaban J connectivity index is 2.25. The normalized spacial score (nSPS) is 34.9. The Hall–Kier alpha value is 0. The van der Waals surface area contributed by atoms with Crippen LogP contribution in [0.2, 0.25) is 0 Å². The summed E-state index contributed by atoms with van der Waals surface area (Å²) in [6.07, 6.45) is 4.26. The van der Waals surface area contributed by atoms with Gasteiger partial charge in [-0.2, -0.15) is 0 Å². The maximum absolute atomic E-state index is 2.41. The molecule has 1 aliphatic carbocycles. The molecule has 4 atom stereocenters. The summed E-state index contributed by atoms with van der Waals surface area (Å²) in [5, 5.41) is 0. The largest absolute Gasteiger partial charge is 0.0651 e. The molecule has 66 valence electrons. The van der Waals surface area contributed by atoms with Gasteiger partial charge in [0.2, 0.25) is 0 Å². The molecule has 1 aliphatic rings. The van der Waals surface area contributed by atoms with E-state index in [2.05, 4.69) is 27.7 Å². The first-order valence-corrected chi connectivity index (χ1v) is 5.20. The molecule has 0 N–H and O–H groups in total. The third-order valence-electron chi connectivity index (χ3n) is 3.64. The topological polar surface area (TPSA) is 0 Å². The smallest absolute Gasteiger partial charge is 0.0355 e. The van der Waals surface area contributed by atoms with Crippen molar-refractivity contribution in [3.05, 3.63) is 0 Å². The van der Waals surface area contributed by atoms with Crippen molar-refractivity contribution in [2.75, 3.05) is 0 Å². The van der Waals surface area contributed by atoms with E-state index in [4.69, 9.17) is 0 Å². The lowest BCUT2D eigenvalue weighted by atomic mass is 9.95. The van der Waals surface area contributed by atoms with Gasteiger partial charge >= 0.3 is 0 Å². The van der Waals surface area contributed by atoms with Crippen molar-refractivity contribution in [3.63, 3.8) is 0 Å². The maximum atomic E-state index is 2.41. The minimum Gasteiger partial charge on any atom is -0.0651 e. The van der Waals surface area contributed by atoms with E-state index in [1.54, 1.807) is 0 Å². The monoisotopic (exact) mass is 154 g/mol. The van der Waals surface area contributed by atoms with Crippen molar-refractivity contribution in [3.8, 4) is 0 Å². The third-order valence-corrected chi connectivity index (χ3v) is 3.64. The zero-order chi connectivity index (χ0) is 8.43. The van der Waals surface area contributed by atoms with Crippen molar-refractivity contribution in [2.24, 2.45) is 23.7 Å². The minimum absolute atomic E-state index is 0.981. The lowest BCUT2D eigenvalue weighted by Gasteiger charge is -2.10. The van der Waals surface area contributed by atoms with Gasteiger partial charge in [-0.3, -0.25) is 0 Å². The standard InChI is InChI=1S/C11H22/c1-5-8(3)10-7-11(10)9(4)6-2/h8-11H,5-7H2,1-4H3. The van der Waals surface area contributed by atoms with E-state index in [9.17, 15) is 0 Å². The highest BCUT2D eigenvalue weighted by Crippen LogP contribution is 2.50. The highest BCUT2D eigenvalue weighted by Gasteiger charge is 2.42. The Labute approximate surface area is 71.4 Å². The van der Waals surface area contributed by atoms with Crippen LogP contribution in [0.5, 0.6) is 0 Å². The molecule has 0 aliphatic heterocycles. The molecular weight excluding hydrogens is 132 g/mol. The van der Waals surface area contributed by atoms with Crippen LogP contribution in [-0.4, -0.2) is 0 Å². The second-order valence-corrected chi connectivity index (χ2v) is 4.33. The molecular formula is C11H22. The molecule has 0 aromatic heterocycles. The number of rotatable bonds is 4. The van der Waals surface area contributed by atoms with Crippen molar-refractivity contribution >= 4 is 0 Å². The van der Waals surface area contributed by atoms with Crippen LogP contribution in [0.25, 0.3) is 0 Å². The molecule has 0 amide bonds. The first kappa shape index (κ1) is 9.09. The first-order chi connectivity index (χ1) is 5.20. The lowest BCUT2D eigenvalue weighted by molar-refractivity contribution is 0.391. The Kier molecular flexibility index (Phi) is 2.98. The summed E-state index contributed by atoms with van der Waals surface area (Å²) in [5.41, 5.74) is 0. The maximum Gasteiger partial charge on any atom is -0.0355 e. The van der Waals surface area contributed by atoms with E-state index >= 15 is 0 Å². The molecule has 0 spiro atoms. The highest BCUT2D eigenvalue weighted by molar-refractivity contribution is 4.91. The van der Waals surface area contributed by atoms with Gasteiger partial charge in [0.25, 0.3) is 0 Å². The van der Waals surface area contributed by atoms with Gasteiger partial charge in [-0.1, -0.05) is 40.5 Å². The van der Waals surface area contributed by atoms with E-state index in [0.717, 1.165) is 23.7 Å². The predicted molar refractivity (Wildman–Crippen MR) is 50.5 cm³/mol. The van der Waals surface area contributed by atoms with E-state index < -0.39 is 0 Å². The highest BCUT2D eigenvalue weighted by atomic mass is 14.5. The van der Waals surface area contributed by atoms with Crippen LogP contribution in [0.3, 0.4) is 0 Å². The fourth-order valence-electron chi connectivity index (χ4n) is 2.15. The molecule has 0 nitrogen and oxygen atoms in total. The SMILES string of the molecule is CCC(C)C1CC1C(C)CC. The predicted octanol–water partition coefficient (Wildman–Crippen LogP) is 3.71. The molecule has 0 radical (unpaired) electrons. The molecule has 1 rings (SSSR count). The van der Waals surface area contributed by atoms with Gasteiger partial charge in [0.05, 0.1) is 0 Å². The fraction of sp³-hybridized carbons (Fsp3) is 1.00. The number of hydrogen-bond acceptors (Lipinski definition) is 0. The van der Waals surface area contributed by atoms with Crippen LogP contribution in [-0.2, 0) is 0 Å². The van der Waals surface area contributed by atoms with E-state index in [-0.39, 0.29) is 0 Å². The van der Waals surface area contributed by atoms with Crippen LogP contribution in [0.15, 0.2) is 0 Å². The Morgan fingerprint density at radius 2 is 1.36 bits per heavy atom. The van der Waals surface area contributed by atoms with Gasteiger partial charge in [-0.05, 0) is 30.1 Å². The van der Waals surface area contributed by atoms with Crippen molar-refractivity contribution < 1.29 is 0 Å². The minimum atomic E-state index is 0.981. The van der Waals surface area contributed by atoms with Gasteiger partial charge in [-0.25, -0.2) is 0 Å². The zero-order valence-corrected chi connectivity index (χ0v) is 8.43. The van der Waals surface area contributed by atoms with Gasteiger partial charge in [0.15, 0.2) is 0 Å². The summed E-state index contributed by atoms with van der Waals surface area (Å²) in [7, 11) is 0. The summed E-state index contributed by atoms with van der Waals surface area (Å²) in [4.78, 5) is 0. The van der Waals surface area contributed by atoms with Crippen LogP contribution >= 0.6 is 0 Å². The summed E-state index contributed by atoms with van der Waals surface area (Å²) >= 11 is 0. The Morgan fingerprint density at radius 3 is 1.64 bits per heavy atom. The average Bonchev–Trinajstić information content (AvgIpc) is 2.80. The van der Waals surface area contributed by atoms with Crippen LogP contribution in [0.4, 0.5) is 0 Å². The molecule has 4 unspecified atom stereocenters. The van der Waals surface area contributed by atoms with Crippen molar-refractivity contribution in [1.82, 2.24) is 0 Å². The molecule has 11 heavy (non-hydrogen) atoms. The lowest BCUT2D eigenvalue weighted by Crippen LogP contribution is -2.02. The average molecular weight is 154 g/mol. The summed E-state index contributed by atoms with van der Waals surface area (Å²) in [5.74, 6) is 4.12. The summed E-state index contributed by atoms with van der Waals surface area (Å²) in [6, 6.07) is 0.